The molecule has 1 N–H and O–H groups in total. The smallest absolute Gasteiger partial charge is 0.305 e. The third-order valence-electron chi connectivity index (χ3n) is 3.19. The summed E-state index contributed by atoms with van der Waals surface area (Å²) in [6.45, 7) is 4.95. The first-order valence-corrected chi connectivity index (χ1v) is 8.25. The Kier molecular flexibility index (Phi) is 7.88. The SMILES string of the molecule is CCCOc1c(Br)cc(C(=O)N(CC)CCC(=O)O)cc1OC. The second-order valence-corrected chi connectivity index (χ2v) is 5.72. The highest BCUT2D eigenvalue weighted by Gasteiger charge is 2.19. The zero-order valence-electron chi connectivity index (χ0n) is 13.6. The molecule has 0 unspecified atom stereocenters. The van der Waals surface area contributed by atoms with Crippen molar-refractivity contribution in [3.63, 3.8) is 0 Å². The summed E-state index contributed by atoms with van der Waals surface area (Å²) < 4.78 is 11.6. The maximum absolute atomic E-state index is 12.5. The van der Waals surface area contributed by atoms with Crippen LogP contribution < -0.4 is 9.47 Å². The maximum Gasteiger partial charge on any atom is 0.305 e. The number of methoxy groups -OCH3 is 1. The minimum atomic E-state index is -0.932. The summed E-state index contributed by atoms with van der Waals surface area (Å²) in [5, 5.41) is 8.77. The minimum Gasteiger partial charge on any atom is -0.493 e. The van der Waals surface area contributed by atoms with E-state index in [-0.39, 0.29) is 18.9 Å². The van der Waals surface area contributed by atoms with Crippen LogP contribution in [-0.2, 0) is 4.79 Å². The number of rotatable bonds is 9. The first-order chi connectivity index (χ1) is 10.9. The Morgan fingerprint density at radius 1 is 1.30 bits per heavy atom. The van der Waals surface area contributed by atoms with Gasteiger partial charge in [0, 0.05) is 18.7 Å². The standard InChI is InChI=1S/C16H22BrNO5/c1-4-8-23-15-12(17)9-11(10-13(15)22-3)16(21)18(5-2)7-6-14(19)20/h9-10H,4-8H2,1-3H3,(H,19,20). The monoisotopic (exact) mass is 387 g/mol. The van der Waals surface area contributed by atoms with Crippen molar-refractivity contribution in [1.29, 1.82) is 0 Å². The zero-order chi connectivity index (χ0) is 17.4. The Labute approximate surface area is 144 Å². The maximum atomic E-state index is 12.5. The fourth-order valence-corrected chi connectivity index (χ4v) is 2.56. The van der Waals surface area contributed by atoms with Gasteiger partial charge in [0.1, 0.15) is 0 Å². The number of hydrogen-bond donors (Lipinski definition) is 1. The van der Waals surface area contributed by atoms with Crippen LogP contribution in [0, 0.1) is 0 Å². The van der Waals surface area contributed by atoms with Gasteiger partial charge in [-0.1, -0.05) is 6.92 Å². The summed E-state index contributed by atoms with van der Waals surface area (Å²) in [6, 6.07) is 3.28. The van der Waals surface area contributed by atoms with Crippen molar-refractivity contribution in [3.8, 4) is 11.5 Å². The molecular weight excluding hydrogens is 366 g/mol. The number of carboxylic acid groups (broad SMARTS) is 1. The van der Waals surface area contributed by atoms with E-state index in [2.05, 4.69) is 15.9 Å². The van der Waals surface area contributed by atoms with Gasteiger partial charge in [0.2, 0.25) is 0 Å². The summed E-state index contributed by atoms with van der Waals surface area (Å²) in [5.74, 6) is -0.155. The summed E-state index contributed by atoms with van der Waals surface area (Å²) in [5.41, 5.74) is 0.421. The first kappa shape index (κ1) is 19.3. The molecule has 1 aromatic carbocycles. The molecule has 0 saturated heterocycles. The molecule has 23 heavy (non-hydrogen) atoms. The second kappa shape index (κ2) is 9.39. The number of hydrogen-bond acceptors (Lipinski definition) is 4. The summed E-state index contributed by atoms with van der Waals surface area (Å²) in [4.78, 5) is 24.7. The van der Waals surface area contributed by atoms with Crippen LogP contribution in [0.25, 0.3) is 0 Å². The third-order valence-corrected chi connectivity index (χ3v) is 3.78. The molecule has 0 saturated carbocycles. The van der Waals surface area contributed by atoms with E-state index in [9.17, 15) is 9.59 Å². The van der Waals surface area contributed by atoms with Crippen LogP contribution in [0.5, 0.6) is 11.5 Å². The molecular formula is C16H22BrNO5. The second-order valence-electron chi connectivity index (χ2n) is 4.87. The Hall–Kier alpha value is -1.76. The van der Waals surface area contributed by atoms with Gasteiger partial charge in [0.05, 0.1) is 24.6 Å². The zero-order valence-corrected chi connectivity index (χ0v) is 15.2. The lowest BCUT2D eigenvalue weighted by Crippen LogP contribution is -2.32. The fraction of sp³-hybridized carbons (Fsp3) is 0.500. The number of halogens is 1. The van der Waals surface area contributed by atoms with Crippen molar-refractivity contribution in [3.05, 3.63) is 22.2 Å². The molecule has 1 aromatic rings. The summed E-state index contributed by atoms with van der Waals surface area (Å²) in [7, 11) is 1.51. The first-order valence-electron chi connectivity index (χ1n) is 7.45. The van der Waals surface area contributed by atoms with Crippen molar-refractivity contribution >= 4 is 27.8 Å². The molecule has 0 atom stereocenters. The predicted molar refractivity (Wildman–Crippen MR) is 90.3 cm³/mol. The number of amides is 1. The topological polar surface area (TPSA) is 76.1 Å². The normalized spacial score (nSPS) is 10.3. The van der Waals surface area contributed by atoms with Crippen molar-refractivity contribution in [2.45, 2.75) is 26.7 Å². The van der Waals surface area contributed by atoms with Gasteiger partial charge >= 0.3 is 5.97 Å². The van der Waals surface area contributed by atoms with E-state index in [0.717, 1.165) is 6.42 Å². The molecule has 0 heterocycles. The van der Waals surface area contributed by atoms with Gasteiger partial charge in [-0.05, 0) is 41.4 Å². The van der Waals surface area contributed by atoms with Crippen LogP contribution in [0.15, 0.2) is 16.6 Å². The van der Waals surface area contributed by atoms with E-state index < -0.39 is 5.97 Å². The van der Waals surface area contributed by atoms with Gasteiger partial charge in [0.25, 0.3) is 5.91 Å². The van der Waals surface area contributed by atoms with Crippen LogP contribution in [0.1, 0.15) is 37.0 Å². The summed E-state index contributed by atoms with van der Waals surface area (Å²) in [6.07, 6.45) is 0.769. The quantitative estimate of drug-likeness (QED) is 0.703. The minimum absolute atomic E-state index is 0.0877. The van der Waals surface area contributed by atoms with Crippen LogP contribution >= 0.6 is 15.9 Å². The predicted octanol–water partition coefficient (Wildman–Crippen LogP) is 3.18. The molecule has 0 aliphatic rings. The van der Waals surface area contributed by atoms with Gasteiger partial charge < -0.3 is 19.5 Å². The highest BCUT2D eigenvalue weighted by Crippen LogP contribution is 2.37. The van der Waals surface area contributed by atoms with Crippen molar-refractivity contribution < 1.29 is 24.2 Å². The number of nitrogens with zero attached hydrogens (tertiary/aromatic N) is 1. The molecule has 0 spiro atoms. The lowest BCUT2D eigenvalue weighted by Gasteiger charge is -2.21. The Morgan fingerprint density at radius 2 is 2.00 bits per heavy atom. The molecule has 0 aromatic heterocycles. The van der Waals surface area contributed by atoms with E-state index in [0.29, 0.717) is 34.7 Å². The molecule has 0 aliphatic carbocycles. The molecule has 0 bridgehead atoms. The Balaban J connectivity index is 3.04. The highest BCUT2D eigenvalue weighted by atomic mass is 79.9. The molecule has 1 rings (SSSR count). The lowest BCUT2D eigenvalue weighted by atomic mass is 10.1. The van der Waals surface area contributed by atoms with Crippen LogP contribution in [0.4, 0.5) is 0 Å². The molecule has 0 radical (unpaired) electrons. The molecule has 128 valence electrons. The van der Waals surface area contributed by atoms with Crippen molar-refractivity contribution in [2.24, 2.45) is 0 Å². The van der Waals surface area contributed by atoms with E-state index in [4.69, 9.17) is 14.6 Å². The van der Waals surface area contributed by atoms with Crippen LogP contribution in [0.3, 0.4) is 0 Å². The van der Waals surface area contributed by atoms with Gasteiger partial charge in [-0.15, -0.1) is 0 Å². The average molecular weight is 388 g/mol. The summed E-state index contributed by atoms with van der Waals surface area (Å²) >= 11 is 3.40. The van der Waals surface area contributed by atoms with Gasteiger partial charge in [0.15, 0.2) is 11.5 Å². The van der Waals surface area contributed by atoms with Crippen molar-refractivity contribution in [1.82, 2.24) is 4.90 Å². The van der Waals surface area contributed by atoms with Crippen LogP contribution in [-0.4, -0.2) is 48.7 Å². The highest BCUT2D eigenvalue weighted by molar-refractivity contribution is 9.10. The Morgan fingerprint density at radius 3 is 2.52 bits per heavy atom. The van der Waals surface area contributed by atoms with Crippen LogP contribution in [0.2, 0.25) is 0 Å². The number of aliphatic carboxylic acids is 1. The van der Waals surface area contributed by atoms with E-state index in [1.54, 1.807) is 12.1 Å². The third kappa shape index (κ3) is 5.42. The molecule has 0 fully saturated rings. The number of carbonyl (C=O) groups excluding carboxylic acids is 1. The molecule has 0 aliphatic heterocycles. The fourth-order valence-electron chi connectivity index (χ4n) is 2.00. The largest absolute Gasteiger partial charge is 0.493 e. The Bertz CT molecular complexity index is 562. The van der Waals surface area contributed by atoms with E-state index in [1.807, 2.05) is 13.8 Å². The number of carbonyl (C=O) groups is 2. The van der Waals surface area contributed by atoms with Gasteiger partial charge in [-0.25, -0.2) is 0 Å². The average Bonchev–Trinajstić information content (AvgIpc) is 2.53. The molecule has 7 heteroatoms. The molecule has 6 nitrogen and oxygen atoms in total. The van der Waals surface area contributed by atoms with E-state index >= 15 is 0 Å². The number of benzene rings is 1. The molecule has 1 amide bonds. The van der Waals surface area contributed by atoms with Crippen molar-refractivity contribution in [2.75, 3.05) is 26.8 Å². The van der Waals surface area contributed by atoms with Gasteiger partial charge in [-0.3, -0.25) is 9.59 Å². The lowest BCUT2D eigenvalue weighted by molar-refractivity contribution is -0.137. The van der Waals surface area contributed by atoms with Gasteiger partial charge in [-0.2, -0.15) is 0 Å². The van der Waals surface area contributed by atoms with E-state index in [1.165, 1.54) is 12.0 Å². The number of carboxylic acids is 1. The number of ether oxygens (including phenoxy) is 2.